The van der Waals surface area contributed by atoms with Gasteiger partial charge in [0.15, 0.2) is 5.13 Å². The molecule has 0 radical (unpaired) electrons. The van der Waals surface area contributed by atoms with E-state index in [0.29, 0.717) is 48.3 Å². The number of carbonyl (C=O) groups excluding carboxylic acids is 1. The van der Waals surface area contributed by atoms with Gasteiger partial charge in [0.25, 0.3) is 0 Å². The third-order valence-corrected chi connectivity index (χ3v) is 9.35. The number of nitrogens with one attached hydrogen (secondary N) is 1. The van der Waals surface area contributed by atoms with E-state index in [9.17, 15) is 13.2 Å². The quantitative estimate of drug-likeness (QED) is 0.423. The lowest BCUT2D eigenvalue weighted by molar-refractivity contribution is -0.120. The zero-order chi connectivity index (χ0) is 25.0. The number of rotatable bonds is 8. The Hall–Kier alpha value is -2.60. The van der Waals surface area contributed by atoms with Crippen LogP contribution in [0.5, 0.6) is 11.5 Å². The van der Waals surface area contributed by atoms with Gasteiger partial charge in [-0.05, 0) is 61.6 Å². The van der Waals surface area contributed by atoms with E-state index in [-0.39, 0.29) is 16.7 Å². The van der Waals surface area contributed by atoms with Crippen molar-refractivity contribution in [3.63, 3.8) is 0 Å². The molecule has 0 aliphatic carbocycles. The predicted octanol–water partition coefficient (Wildman–Crippen LogP) is 4.59. The molecule has 8 nitrogen and oxygen atoms in total. The molecule has 1 amide bonds. The second kappa shape index (κ2) is 11.0. The maximum atomic E-state index is 13.0. The lowest BCUT2D eigenvalue weighted by atomic mass is 9.97. The van der Waals surface area contributed by atoms with Crippen LogP contribution >= 0.6 is 23.1 Å². The number of ether oxygens (including phenoxy) is 2. The van der Waals surface area contributed by atoms with Crippen LogP contribution in [0.3, 0.4) is 0 Å². The SMILES string of the molecule is COc1ccc(OC)c(-c2csc(NC(=O)C3CCN(S(=O)(=O)c4ccc(SC)cc4)CC3)n2)c1. The summed E-state index contributed by atoms with van der Waals surface area (Å²) < 4.78 is 38.2. The number of sulfonamides is 1. The van der Waals surface area contributed by atoms with Crippen molar-refractivity contribution in [3.05, 3.63) is 47.8 Å². The summed E-state index contributed by atoms with van der Waals surface area (Å²) in [6, 6.07) is 12.3. The molecule has 3 aromatic rings. The third-order valence-electron chi connectivity index (χ3n) is 5.94. The molecule has 186 valence electrons. The molecule has 35 heavy (non-hydrogen) atoms. The average Bonchev–Trinajstić information content (AvgIpc) is 3.36. The number of methoxy groups -OCH3 is 2. The Morgan fingerprint density at radius 2 is 1.83 bits per heavy atom. The molecule has 0 bridgehead atoms. The molecule has 1 fully saturated rings. The molecular formula is C24H27N3O5S3. The number of benzene rings is 2. The first kappa shape index (κ1) is 25.5. The van der Waals surface area contributed by atoms with E-state index < -0.39 is 10.0 Å². The fourth-order valence-corrected chi connectivity index (χ4v) is 6.52. The standard InChI is InChI=1S/C24H27N3O5S3/c1-31-17-4-9-22(32-2)20(14-17)21-15-34-24(25-21)26-23(28)16-10-12-27(13-11-16)35(29,30)19-7-5-18(33-3)6-8-19/h4-9,14-16H,10-13H2,1-3H3,(H,25,26,28). The van der Waals surface area contributed by atoms with Crippen LogP contribution in [0.15, 0.2) is 57.6 Å². The number of thiazole rings is 1. The van der Waals surface area contributed by atoms with Gasteiger partial charge in [-0.25, -0.2) is 13.4 Å². The molecule has 0 spiro atoms. The van der Waals surface area contributed by atoms with Gasteiger partial charge in [0.1, 0.15) is 11.5 Å². The van der Waals surface area contributed by atoms with Crippen molar-refractivity contribution in [3.8, 4) is 22.8 Å². The fourth-order valence-electron chi connectivity index (χ4n) is 3.93. The van der Waals surface area contributed by atoms with Gasteiger partial charge in [0.05, 0.1) is 24.8 Å². The minimum absolute atomic E-state index is 0.148. The van der Waals surface area contributed by atoms with Gasteiger partial charge in [0.2, 0.25) is 15.9 Å². The van der Waals surface area contributed by atoms with Crippen molar-refractivity contribution in [1.82, 2.24) is 9.29 Å². The second-order valence-corrected chi connectivity index (χ2v) is 11.6. The van der Waals surface area contributed by atoms with E-state index in [0.717, 1.165) is 10.5 Å². The number of piperidine rings is 1. The lowest BCUT2D eigenvalue weighted by Crippen LogP contribution is -2.41. The van der Waals surface area contributed by atoms with Crippen LogP contribution in [0.1, 0.15) is 12.8 Å². The molecule has 2 heterocycles. The number of nitrogens with zero attached hydrogens (tertiary/aromatic N) is 2. The molecule has 2 aromatic carbocycles. The van der Waals surface area contributed by atoms with Gasteiger partial charge in [-0.2, -0.15) is 4.31 Å². The molecule has 1 saturated heterocycles. The molecule has 1 aliphatic heterocycles. The smallest absolute Gasteiger partial charge is 0.243 e. The van der Waals surface area contributed by atoms with E-state index in [1.165, 1.54) is 15.6 Å². The van der Waals surface area contributed by atoms with Crippen LogP contribution < -0.4 is 14.8 Å². The van der Waals surface area contributed by atoms with Crippen LogP contribution in [-0.4, -0.2) is 57.2 Å². The molecular weight excluding hydrogens is 506 g/mol. The van der Waals surface area contributed by atoms with Gasteiger partial charge in [-0.1, -0.05) is 0 Å². The highest BCUT2D eigenvalue weighted by atomic mass is 32.2. The third kappa shape index (κ3) is 5.64. The largest absolute Gasteiger partial charge is 0.497 e. The van der Waals surface area contributed by atoms with Crippen LogP contribution in [0.25, 0.3) is 11.3 Å². The first-order valence-electron chi connectivity index (χ1n) is 11.0. The minimum Gasteiger partial charge on any atom is -0.497 e. The molecule has 4 rings (SSSR count). The van der Waals surface area contributed by atoms with Crippen LogP contribution in [0.2, 0.25) is 0 Å². The molecule has 1 aromatic heterocycles. The van der Waals surface area contributed by atoms with Crippen LogP contribution in [0.4, 0.5) is 5.13 Å². The summed E-state index contributed by atoms with van der Waals surface area (Å²) in [5, 5.41) is 5.23. The summed E-state index contributed by atoms with van der Waals surface area (Å²) >= 11 is 2.89. The number of carbonyl (C=O) groups is 1. The van der Waals surface area contributed by atoms with E-state index >= 15 is 0 Å². The highest BCUT2D eigenvalue weighted by Gasteiger charge is 2.32. The Bertz CT molecular complexity index is 1280. The van der Waals surface area contributed by atoms with Crippen molar-refractivity contribution in [2.75, 3.05) is 38.9 Å². The molecule has 0 unspecified atom stereocenters. The average molecular weight is 534 g/mol. The van der Waals surface area contributed by atoms with Gasteiger partial charge in [-0.15, -0.1) is 23.1 Å². The summed E-state index contributed by atoms with van der Waals surface area (Å²) in [4.78, 5) is 18.7. The maximum absolute atomic E-state index is 13.0. The van der Waals surface area contributed by atoms with Crippen molar-refractivity contribution >= 4 is 44.2 Å². The number of aromatic nitrogens is 1. The zero-order valence-electron chi connectivity index (χ0n) is 19.7. The summed E-state index contributed by atoms with van der Waals surface area (Å²) in [6.45, 7) is 0.601. The normalized spacial score (nSPS) is 15.1. The van der Waals surface area contributed by atoms with Crippen LogP contribution in [0, 0.1) is 5.92 Å². The van der Waals surface area contributed by atoms with E-state index in [2.05, 4.69) is 10.3 Å². The Morgan fingerprint density at radius 1 is 1.11 bits per heavy atom. The highest BCUT2D eigenvalue weighted by molar-refractivity contribution is 7.98. The van der Waals surface area contributed by atoms with Crippen molar-refractivity contribution in [1.29, 1.82) is 0 Å². The minimum atomic E-state index is -3.57. The van der Waals surface area contributed by atoms with Crippen molar-refractivity contribution in [2.24, 2.45) is 5.92 Å². The van der Waals surface area contributed by atoms with Gasteiger partial charge < -0.3 is 14.8 Å². The predicted molar refractivity (Wildman–Crippen MR) is 139 cm³/mol. The van der Waals surface area contributed by atoms with Gasteiger partial charge in [0, 0.05) is 34.8 Å². The summed E-state index contributed by atoms with van der Waals surface area (Å²) in [5.41, 5.74) is 1.45. The lowest BCUT2D eigenvalue weighted by Gasteiger charge is -2.30. The summed E-state index contributed by atoms with van der Waals surface area (Å²) in [6.07, 6.45) is 2.85. The first-order valence-corrected chi connectivity index (χ1v) is 14.5. The number of amides is 1. The molecule has 0 saturated carbocycles. The molecule has 11 heteroatoms. The van der Waals surface area contributed by atoms with E-state index in [4.69, 9.17) is 9.47 Å². The first-order chi connectivity index (χ1) is 16.8. The summed E-state index contributed by atoms with van der Waals surface area (Å²) in [7, 11) is -0.392. The maximum Gasteiger partial charge on any atom is 0.243 e. The Balaban J connectivity index is 1.38. The topological polar surface area (TPSA) is 97.8 Å². The van der Waals surface area contributed by atoms with Crippen LogP contribution in [-0.2, 0) is 14.8 Å². The number of hydrogen-bond acceptors (Lipinski definition) is 8. The molecule has 1 N–H and O–H groups in total. The van der Waals surface area contributed by atoms with E-state index in [1.54, 1.807) is 50.2 Å². The van der Waals surface area contributed by atoms with Gasteiger partial charge in [-0.3, -0.25) is 4.79 Å². The Kier molecular flexibility index (Phi) is 8.00. The highest BCUT2D eigenvalue weighted by Crippen LogP contribution is 2.35. The Labute approximate surface area is 213 Å². The van der Waals surface area contributed by atoms with Crippen molar-refractivity contribution < 1.29 is 22.7 Å². The number of anilines is 1. The number of hydrogen-bond donors (Lipinski definition) is 1. The monoisotopic (exact) mass is 533 g/mol. The second-order valence-electron chi connectivity index (χ2n) is 7.95. The van der Waals surface area contributed by atoms with Crippen molar-refractivity contribution in [2.45, 2.75) is 22.6 Å². The number of thioether (sulfide) groups is 1. The zero-order valence-corrected chi connectivity index (χ0v) is 22.1. The van der Waals surface area contributed by atoms with Gasteiger partial charge >= 0.3 is 0 Å². The fraction of sp³-hybridized carbons (Fsp3) is 0.333. The van der Waals surface area contributed by atoms with E-state index in [1.807, 2.05) is 29.8 Å². The molecule has 0 atom stereocenters. The Morgan fingerprint density at radius 3 is 2.46 bits per heavy atom. The molecule has 1 aliphatic rings. The summed E-state index contributed by atoms with van der Waals surface area (Å²) in [5.74, 6) is 0.913.